The van der Waals surface area contributed by atoms with Gasteiger partial charge in [-0.3, -0.25) is 0 Å². The van der Waals surface area contributed by atoms with Crippen molar-refractivity contribution in [3.63, 3.8) is 0 Å². The minimum atomic E-state index is -3.10. The van der Waals surface area contributed by atoms with Gasteiger partial charge in [0.15, 0.2) is 9.84 Å². The van der Waals surface area contributed by atoms with Crippen LogP contribution in [0.15, 0.2) is 35.2 Å². The molecule has 0 aliphatic carbocycles. The third-order valence-corrected chi connectivity index (χ3v) is 2.24. The monoisotopic (exact) mass is 157 g/mol. The Labute approximate surface area is 61.8 Å². The molecule has 0 heterocycles. The number of hydrogen-bond donors (Lipinski definition) is 0. The Morgan fingerprint density at radius 3 is 2.30 bits per heavy atom. The van der Waals surface area contributed by atoms with Crippen molar-refractivity contribution < 1.29 is 9.79 Å². The van der Waals surface area contributed by atoms with E-state index in [1.165, 1.54) is 24.3 Å². The second kappa shape index (κ2) is 2.42. The van der Waals surface area contributed by atoms with Crippen molar-refractivity contribution >= 4 is 9.84 Å². The Morgan fingerprint density at radius 2 is 1.90 bits per heavy atom. The molecule has 54 valence electrons. The van der Waals surface area contributed by atoms with Gasteiger partial charge >= 0.3 is 0 Å². The van der Waals surface area contributed by atoms with Crippen LogP contribution in [-0.2, 0) is 9.84 Å². The van der Waals surface area contributed by atoms with Crippen LogP contribution in [0.2, 0.25) is 0 Å². The number of rotatable bonds is 1. The van der Waals surface area contributed by atoms with Crippen molar-refractivity contribution in [2.45, 2.75) is 4.90 Å². The molecule has 0 amide bonds. The van der Waals surface area contributed by atoms with Gasteiger partial charge < -0.3 is 0 Å². The molecule has 0 saturated carbocycles. The van der Waals surface area contributed by atoms with Gasteiger partial charge in [-0.25, -0.2) is 8.42 Å². The lowest BCUT2D eigenvalue weighted by Gasteiger charge is -1.93. The molecule has 0 unspecified atom stereocenters. The SMILES string of the molecule is [2H]c1ccc(S(C)(=O)=O)cc1. The Hall–Kier alpha value is -0.830. The van der Waals surface area contributed by atoms with Crippen LogP contribution in [0.4, 0.5) is 0 Å². The lowest BCUT2D eigenvalue weighted by molar-refractivity contribution is 0.602. The van der Waals surface area contributed by atoms with Gasteiger partial charge in [0.25, 0.3) is 0 Å². The van der Waals surface area contributed by atoms with E-state index >= 15 is 0 Å². The van der Waals surface area contributed by atoms with Gasteiger partial charge in [-0.1, -0.05) is 18.2 Å². The van der Waals surface area contributed by atoms with Crippen LogP contribution in [0.1, 0.15) is 1.37 Å². The Balaban J connectivity index is 3.20. The topological polar surface area (TPSA) is 34.1 Å². The molecule has 1 rings (SSSR count). The summed E-state index contributed by atoms with van der Waals surface area (Å²) in [4.78, 5) is 0.258. The van der Waals surface area contributed by atoms with Crippen LogP contribution in [-0.4, -0.2) is 14.7 Å². The first-order chi connectivity index (χ1) is 5.00. The third kappa shape index (κ3) is 1.57. The van der Waals surface area contributed by atoms with Crippen LogP contribution in [0.5, 0.6) is 0 Å². The Morgan fingerprint density at radius 1 is 1.40 bits per heavy atom. The maximum atomic E-state index is 10.9. The van der Waals surface area contributed by atoms with Crippen molar-refractivity contribution in [1.29, 1.82) is 0 Å². The predicted octanol–water partition coefficient (Wildman–Crippen LogP) is 1.09. The summed E-state index contributed by atoms with van der Waals surface area (Å²) in [6.07, 6.45) is 1.14. The summed E-state index contributed by atoms with van der Waals surface area (Å²) in [7, 11) is -3.10. The average Bonchev–Trinajstić information content (AvgIpc) is 1.86. The molecule has 0 saturated heterocycles. The molecule has 0 atom stereocenters. The zero-order valence-electron chi connectivity index (χ0n) is 6.53. The van der Waals surface area contributed by atoms with Gasteiger partial charge in [0.1, 0.15) is 0 Å². The Kier molecular flexibility index (Phi) is 1.43. The van der Waals surface area contributed by atoms with Gasteiger partial charge in [-0.05, 0) is 12.1 Å². The normalized spacial score (nSPS) is 12.7. The summed E-state index contributed by atoms with van der Waals surface area (Å²) < 4.78 is 28.9. The summed E-state index contributed by atoms with van der Waals surface area (Å²) in [6.45, 7) is 0. The summed E-state index contributed by atoms with van der Waals surface area (Å²) >= 11 is 0. The van der Waals surface area contributed by atoms with Gasteiger partial charge in [0.05, 0.1) is 6.27 Å². The van der Waals surface area contributed by atoms with Crippen molar-refractivity contribution in [2.24, 2.45) is 0 Å². The summed E-state index contributed by atoms with van der Waals surface area (Å²) in [6, 6.07) is 6.08. The van der Waals surface area contributed by atoms with Crippen LogP contribution in [0.25, 0.3) is 0 Å². The molecule has 0 aliphatic heterocycles. The maximum Gasteiger partial charge on any atom is 0.175 e. The molecule has 0 fully saturated rings. The van der Waals surface area contributed by atoms with Crippen LogP contribution < -0.4 is 0 Å². The molecule has 1 aromatic carbocycles. The fraction of sp³-hybridized carbons (Fsp3) is 0.143. The lowest BCUT2D eigenvalue weighted by Crippen LogP contribution is -1.95. The fourth-order valence-electron chi connectivity index (χ4n) is 0.619. The largest absolute Gasteiger partial charge is 0.224 e. The van der Waals surface area contributed by atoms with E-state index in [9.17, 15) is 8.42 Å². The smallest absolute Gasteiger partial charge is 0.175 e. The number of sulfone groups is 1. The summed E-state index contributed by atoms with van der Waals surface area (Å²) in [5.74, 6) is 0. The van der Waals surface area contributed by atoms with E-state index in [0.717, 1.165) is 6.26 Å². The maximum absolute atomic E-state index is 10.9. The minimum Gasteiger partial charge on any atom is -0.224 e. The van der Waals surface area contributed by atoms with Crippen molar-refractivity contribution in [3.8, 4) is 0 Å². The predicted molar refractivity (Wildman–Crippen MR) is 39.6 cm³/mol. The highest BCUT2D eigenvalue weighted by molar-refractivity contribution is 7.90. The summed E-state index contributed by atoms with van der Waals surface area (Å²) in [5.41, 5.74) is 0. The molecule has 2 nitrogen and oxygen atoms in total. The van der Waals surface area contributed by atoms with E-state index in [-0.39, 0.29) is 4.90 Å². The molecule has 0 spiro atoms. The van der Waals surface area contributed by atoms with E-state index in [1.807, 2.05) is 0 Å². The van der Waals surface area contributed by atoms with E-state index in [0.29, 0.717) is 6.04 Å². The molecule has 0 N–H and O–H groups in total. The molecular formula is C7H8O2S. The van der Waals surface area contributed by atoms with Crippen molar-refractivity contribution in [2.75, 3.05) is 6.26 Å². The molecule has 3 heteroatoms. The first kappa shape index (κ1) is 5.92. The molecule has 0 bridgehead atoms. The molecular weight excluding hydrogens is 148 g/mol. The zero-order valence-corrected chi connectivity index (χ0v) is 6.35. The molecule has 1 aromatic rings. The lowest BCUT2D eigenvalue weighted by atomic mass is 10.4. The number of benzene rings is 1. The average molecular weight is 157 g/mol. The highest BCUT2D eigenvalue weighted by atomic mass is 32.2. The first-order valence-corrected chi connectivity index (χ1v) is 4.66. The molecule has 0 aliphatic rings. The van der Waals surface area contributed by atoms with Crippen LogP contribution >= 0.6 is 0 Å². The zero-order chi connectivity index (χ0) is 8.48. The minimum absolute atomic E-state index is 0.258. The van der Waals surface area contributed by atoms with Gasteiger partial charge in [-0.15, -0.1) is 0 Å². The van der Waals surface area contributed by atoms with Crippen molar-refractivity contribution in [3.05, 3.63) is 30.3 Å². The quantitative estimate of drug-likeness (QED) is 0.611. The Bertz CT molecular complexity index is 339. The number of hydrogen-bond acceptors (Lipinski definition) is 2. The van der Waals surface area contributed by atoms with Crippen LogP contribution in [0.3, 0.4) is 0 Å². The third-order valence-electron chi connectivity index (χ3n) is 1.12. The van der Waals surface area contributed by atoms with E-state index in [2.05, 4.69) is 0 Å². The van der Waals surface area contributed by atoms with Crippen molar-refractivity contribution in [1.82, 2.24) is 0 Å². The first-order valence-electron chi connectivity index (χ1n) is 3.27. The van der Waals surface area contributed by atoms with E-state index < -0.39 is 9.84 Å². The highest BCUT2D eigenvalue weighted by Gasteiger charge is 2.02. The second-order valence-electron chi connectivity index (χ2n) is 2.01. The van der Waals surface area contributed by atoms with Crippen LogP contribution in [0, 0.1) is 0 Å². The van der Waals surface area contributed by atoms with E-state index in [4.69, 9.17) is 1.37 Å². The van der Waals surface area contributed by atoms with Gasteiger partial charge in [0.2, 0.25) is 0 Å². The molecule has 10 heavy (non-hydrogen) atoms. The highest BCUT2D eigenvalue weighted by Crippen LogP contribution is 2.05. The van der Waals surface area contributed by atoms with Gasteiger partial charge in [0, 0.05) is 6.26 Å². The standard InChI is InChI=1S/C7H8O2S/c1-10(8,9)7-5-3-2-4-6-7/h2-6H,1H3/i2D. The fourth-order valence-corrected chi connectivity index (χ4v) is 1.25. The summed E-state index contributed by atoms with van der Waals surface area (Å²) in [5, 5.41) is 0. The molecule has 0 aromatic heterocycles. The molecule has 0 radical (unpaired) electrons. The van der Waals surface area contributed by atoms with E-state index in [1.54, 1.807) is 0 Å². The second-order valence-corrected chi connectivity index (χ2v) is 4.02. The van der Waals surface area contributed by atoms with Gasteiger partial charge in [-0.2, -0.15) is 0 Å².